The van der Waals surface area contributed by atoms with Gasteiger partial charge in [0, 0.05) is 19.7 Å². The molecule has 0 aromatic heterocycles. The Balaban J connectivity index is 2.03. The van der Waals surface area contributed by atoms with Gasteiger partial charge in [0.25, 0.3) is 0 Å². The molecule has 0 spiro atoms. The molecule has 1 N–H and O–H groups in total. The van der Waals surface area contributed by atoms with Gasteiger partial charge in [0.05, 0.1) is 23.2 Å². The average molecular weight is 323 g/mol. The second kappa shape index (κ2) is 5.94. The smallest absolute Gasteiger partial charge is 0.379 e. The van der Waals surface area contributed by atoms with Gasteiger partial charge in [0.15, 0.2) is 9.84 Å². The molecule has 0 aliphatic carbocycles. The van der Waals surface area contributed by atoms with E-state index in [9.17, 15) is 21.6 Å². The van der Waals surface area contributed by atoms with Crippen LogP contribution in [0.3, 0.4) is 0 Å². The maximum atomic E-state index is 12.6. The first-order valence-electron chi connectivity index (χ1n) is 6.34. The SMILES string of the molecule is CO[C@@H]1CS(=O)(=O)C[C@H]1NCc1cccc(C(F)(F)F)c1. The quantitative estimate of drug-likeness (QED) is 0.915. The highest BCUT2D eigenvalue weighted by molar-refractivity contribution is 7.91. The number of halogens is 3. The van der Waals surface area contributed by atoms with Crippen LogP contribution in [0, 0.1) is 0 Å². The molecule has 0 saturated carbocycles. The van der Waals surface area contributed by atoms with Gasteiger partial charge in [-0.2, -0.15) is 13.2 Å². The van der Waals surface area contributed by atoms with Crippen molar-refractivity contribution in [1.29, 1.82) is 0 Å². The lowest BCUT2D eigenvalue weighted by Crippen LogP contribution is -2.39. The monoisotopic (exact) mass is 323 g/mol. The standard InChI is InChI=1S/C13H16F3NO3S/c1-20-12-8-21(18,19)7-11(12)17-6-9-3-2-4-10(5-9)13(14,15)16/h2-5,11-12,17H,6-8H2,1H3/t11-,12-/m1/s1. The third-order valence-electron chi connectivity index (χ3n) is 3.43. The van der Waals surface area contributed by atoms with Crippen LogP contribution in [0.5, 0.6) is 0 Å². The van der Waals surface area contributed by atoms with Gasteiger partial charge in [0.2, 0.25) is 0 Å². The Morgan fingerprint density at radius 2 is 2.05 bits per heavy atom. The third kappa shape index (κ3) is 4.18. The molecule has 2 atom stereocenters. The molecule has 21 heavy (non-hydrogen) atoms. The Bertz CT molecular complexity index is 601. The van der Waals surface area contributed by atoms with Crippen molar-refractivity contribution in [2.45, 2.75) is 24.9 Å². The van der Waals surface area contributed by atoms with Crippen molar-refractivity contribution in [2.75, 3.05) is 18.6 Å². The summed E-state index contributed by atoms with van der Waals surface area (Å²) in [6, 6.07) is 4.54. The lowest BCUT2D eigenvalue weighted by atomic mass is 10.1. The van der Waals surface area contributed by atoms with Gasteiger partial charge in [-0.05, 0) is 11.6 Å². The normalized spacial score (nSPS) is 25.1. The maximum Gasteiger partial charge on any atom is 0.416 e. The minimum absolute atomic E-state index is 0.0650. The van der Waals surface area contributed by atoms with E-state index in [4.69, 9.17) is 4.74 Å². The summed E-state index contributed by atoms with van der Waals surface area (Å²) in [5, 5.41) is 2.96. The Hall–Kier alpha value is -1.12. The molecular formula is C13H16F3NO3S. The molecule has 1 saturated heterocycles. The van der Waals surface area contributed by atoms with Crippen LogP contribution in [-0.2, 0) is 27.3 Å². The first-order valence-corrected chi connectivity index (χ1v) is 8.16. The Kier molecular flexibility index (Phi) is 4.60. The summed E-state index contributed by atoms with van der Waals surface area (Å²) >= 11 is 0. The van der Waals surface area contributed by atoms with Crippen LogP contribution < -0.4 is 5.32 Å². The van der Waals surface area contributed by atoms with E-state index >= 15 is 0 Å². The van der Waals surface area contributed by atoms with E-state index in [0.29, 0.717) is 5.56 Å². The van der Waals surface area contributed by atoms with Gasteiger partial charge >= 0.3 is 6.18 Å². The number of hydrogen-bond donors (Lipinski definition) is 1. The molecule has 1 aliphatic heterocycles. The van der Waals surface area contributed by atoms with Crippen LogP contribution in [0.15, 0.2) is 24.3 Å². The molecule has 118 valence electrons. The molecule has 0 bridgehead atoms. The van der Waals surface area contributed by atoms with Crippen LogP contribution in [0.4, 0.5) is 13.2 Å². The van der Waals surface area contributed by atoms with Crippen molar-refractivity contribution in [1.82, 2.24) is 5.32 Å². The minimum atomic E-state index is -4.39. The van der Waals surface area contributed by atoms with Gasteiger partial charge in [-0.15, -0.1) is 0 Å². The van der Waals surface area contributed by atoms with Gasteiger partial charge in [-0.3, -0.25) is 0 Å². The molecule has 8 heteroatoms. The summed E-state index contributed by atoms with van der Waals surface area (Å²) in [7, 11) is -1.74. The Morgan fingerprint density at radius 1 is 1.33 bits per heavy atom. The predicted octanol–water partition coefficient (Wildman–Crippen LogP) is 1.61. The summed E-state index contributed by atoms with van der Waals surface area (Å²) in [5.41, 5.74) is -0.270. The first kappa shape index (κ1) is 16.3. The zero-order valence-electron chi connectivity index (χ0n) is 11.4. The van der Waals surface area contributed by atoms with E-state index in [2.05, 4.69) is 5.32 Å². The molecule has 0 unspecified atom stereocenters. The Labute approximate surface area is 121 Å². The fraction of sp³-hybridized carbons (Fsp3) is 0.538. The van der Waals surface area contributed by atoms with E-state index in [1.165, 1.54) is 13.2 Å². The highest BCUT2D eigenvalue weighted by Gasteiger charge is 2.37. The fourth-order valence-electron chi connectivity index (χ4n) is 2.34. The second-order valence-corrected chi connectivity index (χ2v) is 7.19. The number of sulfone groups is 1. The van der Waals surface area contributed by atoms with E-state index in [1.807, 2.05) is 0 Å². The highest BCUT2D eigenvalue weighted by Crippen LogP contribution is 2.29. The molecule has 0 radical (unpaired) electrons. The van der Waals surface area contributed by atoms with Crippen molar-refractivity contribution in [3.05, 3.63) is 35.4 Å². The zero-order chi connectivity index (χ0) is 15.7. The van der Waals surface area contributed by atoms with E-state index < -0.39 is 33.7 Å². The van der Waals surface area contributed by atoms with Crippen LogP contribution in [0.25, 0.3) is 0 Å². The molecule has 2 rings (SSSR count). The Morgan fingerprint density at radius 3 is 2.67 bits per heavy atom. The van der Waals surface area contributed by atoms with Crippen molar-refractivity contribution in [2.24, 2.45) is 0 Å². The maximum absolute atomic E-state index is 12.6. The summed E-state index contributed by atoms with van der Waals surface area (Å²) in [5.74, 6) is -0.131. The fourth-order valence-corrected chi connectivity index (χ4v) is 4.23. The van der Waals surface area contributed by atoms with E-state index in [0.717, 1.165) is 12.1 Å². The van der Waals surface area contributed by atoms with Crippen molar-refractivity contribution in [3.63, 3.8) is 0 Å². The summed E-state index contributed by atoms with van der Waals surface area (Å²) in [6.07, 6.45) is -4.86. The largest absolute Gasteiger partial charge is 0.416 e. The summed E-state index contributed by atoms with van der Waals surface area (Å²) in [6.45, 7) is 0.157. The number of rotatable bonds is 4. The second-order valence-electron chi connectivity index (χ2n) is 5.04. The minimum Gasteiger partial charge on any atom is -0.379 e. The zero-order valence-corrected chi connectivity index (χ0v) is 12.2. The van der Waals surface area contributed by atoms with Gasteiger partial charge in [0.1, 0.15) is 0 Å². The molecule has 4 nitrogen and oxygen atoms in total. The number of alkyl halides is 3. The third-order valence-corrected chi connectivity index (χ3v) is 5.13. The number of methoxy groups -OCH3 is 1. The van der Waals surface area contributed by atoms with Gasteiger partial charge in [-0.25, -0.2) is 8.42 Å². The van der Waals surface area contributed by atoms with Crippen molar-refractivity contribution < 1.29 is 26.3 Å². The summed E-state index contributed by atoms with van der Waals surface area (Å²) < 4.78 is 66.0. The molecule has 1 aliphatic rings. The topological polar surface area (TPSA) is 55.4 Å². The lowest BCUT2D eigenvalue weighted by Gasteiger charge is -2.18. The molecule has 1 aromatic rings. The molecular weight excluding hydrogens is 307 g/mol. The van der Waals surface area contributed by atoms with Crippen LogP contribution in [0.2, 0.25) is 0 Å². The summed E-state index contributed by atoms with van der Waals surface area (Å²) in [4.78, 5) is 0. The number of ether oxygens (including phenoxy) is 1. The van der Waals surface area contributed by atoms with Gasteiger partial charge in [-0.1, -0.05) is 18.2 Å². The number of benzene rings is 1. The van der Waals surface area contributed by atoms with E-state index in [1.54, 1.807) is 6.07 Å². The highest BCUT2D eigenvalue weighted by atomic mass is 32.2. The van der Waals surface area contributed by atoms with Gasteiger partial charge < -0.3 is 10.1 Å². The molecule has 0 amide bonds. The lowest BCUT2D eigenvalue weighted by molar-refractivity contribution is -0.137. The van der Waals surface area contributed by atoms with E-state index in [-0.39, 0.29) is 18.1 Å². The van der Waals surface area contributed by atoms with Crippen molar-refractivity contribution in [3.8, 4) is 0 Å². The number of nitrogens with one attached hydrogen (secondary N) is 1. The van der Waals surface area contributed by atoms with Crippen LogP contribution in [-0.4, -0.2) is 39.2 Å². The molecule has 1 fully saturated rings. The van der Waals surface area contributed by atoms with Crippen molar-refractivity contribution >= 4 is 9.84 Å². The molecule has 1 aromatic carbocycles. The van der Waals surface area contributed by atoms with Crippen LogP contribution >= 0.6 is 0 Å². The average Bonchev–Trinajstić information content (AvgIpc) is 2.70. The number of hydrogen-bond acceptors (Lipinski definition) is 4. The molecule has 1 heterocycles. The first-order chi connectivity index (χ1) is 9.71. The van der Waals surface area contributed by atoms with Crippen LogP contribution in [0.1, 0.15) is 11.1 Å². The predicted molar refractivity (Wildman–Crippen MR) is 71.5 cm³/mol.